The van der Waals surface area contributed by atoms with Crippen molar-refractivity contribution in [2.24, 2.45) is 0 Å². The first kappa shape index (κ1) is 28.6. The zero-order valence-corrected chi connectivity index (χ0v) is 22.6. The van der Waals surface area contributed by atoms with Crippen molar-refractivity contribution >= 4 is 21.4 Å². The normalized spacial score (nSPS) is 15.1. The average Bonchev–Trinajstić information content (AvgIpc) is 3.17. The van der Waals surface area contributed by atoms with Crippen LogP contribution in [-0.4, -0.2) is 51.2 Å². The molecule has 208 valence electrons. The highest BCUT2D eigenvalue weighted by atomic mass is 32.2. The smallest absolute Gasteiger partial charge is 0.370 e. The topological polar surface area (TPSA) is 69.7 Å². The van der Waals surface area contributed by atoms with Crippen LogP contribution in [0.5, 0.6) is 0 Å². The van der Waals surface area contributed by atoms with Crippen LogP contribution in [0.25, 0.3) is 0 Å². The Morgan fingerprint density at radius 3 is 2.10 bits per heavy atom. The van der Waals surface area contributed by atoms with Gasteiger partial charge in [-0.2, -0.15) is 13.2 Å². The SMILES string of the molecule is CCS(=O)(=O)c1ccc(CNC(=O)c2ccc(N3CCCN(Cc4ccc(C(F)(F)F)cc4)CC3)cc2)cc1. The molecule has 0 unspecified atom stereocenters. The predicted molar refractivity (Wildman–Crippen MR) is 145 cm³/mol. The number of anilines is 1. The van der Waals surface area contributed by atoms with E-state index >= 15 is 0 Å². The number of nitrogens with zero attached hydrogens (tertiary/aromatic N) is 2. The summed E-state index contributed by atoms with van der Waals surface area (Å²) in [5.74, 6) is -0.178. The number of amides is 1. The summed E-state index contributed by atoms with van der Waals surface area (Å²) < 4.78 is 62.3. The number of hydrogen-bond acceptors (Lipinski definition) is 5. The van der Waals surface area contributed by atoms with Gasteiger partial charge in [0.25, 0.3) is 5.91 Å². The maximum atomic E-state index is 12.8. The van der Waals surface area contributed by atoms with Crippen molar-refractivity contribution in [2.75, 3.05) is 36.8 Å². The molecular weight excluding hydrogens is 527 g/mol. The van der Waals surface area contributed by atoms with Crippen molar-refractivity contribution < 1.29 is 26.4 Å². The molecule has 4 rings (SSSR count). The fourth-order valence-electron chi connectivity index (χ4n) is 4.53. The Morgan fingerprint density at radius 1 is 0.846 bits per heavy atom. The van der Waals surface area contributed by atoms with Crippen LogP contribution in [0.3, 0.4) is 0 Å². The van der Waals surface area contributed by atoms with Crippen LogP contribution >= 0.6 is 0 Å². The van der Waals surface area contributed by atoms with Gasteiger partial charge in [-0.25, -0.2) is 8.42 Å². The van der Waals surface area contributed by atoms with Crippen molar-refractivity contribution in [2.45, 2.75) is 37.5 Å². The van der Waals surface area contributed by atoms with Crippen molar-refractivity contribution in [3.8, 4) is 0 Å². The van der Waals surface area contributed by atoms with E-state index in [9.17, 15) is 26.4 Å². The Bertz CT molecular complexity index is 1360. The summed E-state index contributed by atoms with van der Waals surface area (Å²) in [6.07, 6.45) is -3.41. The molecule has 0 aromatic heterocycles. The number of rotatable bonds is 8. The first-order valence-corrected chi connectivity index (χ1v) is 14.5. The van der Waals surface area contributed by atoms with Gasteiger partial charge in [0.15, 0.2) is 9.84 Å². The first-order valence-electron chi connectivity index (χ1n) is 12.9. The predicted octanol–water partition coefficient (Wildman–Crippen LogP) is 5.14. The van der Waals surface area contributed by atoms with Crippen LogP contribution in [0.4, 0.5) is 18.9 Å². The number of sulfone groups is 1. The molecule has 39 heavy (non-hydrogen) atoms. The van der Waals surface area contributed by atoms with Crippen LogP contribution in [0, 0.1) is 0 Å². The lowest BCUT2D eigenvalue weighted by Crippen LogP contribution is -2.30. The van der Waals surface area contributed by atoms with Gasteiger partial charge in [-0.1, -0.05) is 31.2 Å². The van der Waals surface area contributed by atoms with Gasteiger partial charge in [0.05, 0.1) is 16.2 Å². The summed E-state index contributed by atoms with van der Waals surface area (Å²) in [5, 5.41) is 2.87. The number of nitrogens with one attached hydrogen (secondary N) is 1. The van der Waals surface area contributed by atoms with E-state index in [1.165, 1.54) is 0 Å². The highest BCUT2D eigenvalue weighted by Gasteiger charge is 2.30. The maximum Gasteiger partial charge on any atom is 0.416 e. The molecule has 0 saturated carbocycles. The van der Waals surface area contributed by atoms with Gasteiger partial charge in [-0.05, 0) is 66.1 Å². The molecule has 1 heterocycles. The summed E-state index contributed by atoms with van der Waals surface area (Å²) in [4.78, 5) is 17.4. The zero-order valence-electron chi connectivity index (χ0n) is 21.7. The van der Waals surface area contributed by atoms with Crippen molar-refractivity contribution in [3.63, 3.8) is 0 Å². The standard InChI is InChI=1S/C29H32F3N3O3S/c1-2-39(37,38)27-14-6-22(7-15-27)20-33-28(36)24-8-12-26(13-9-24)35-17-3-16-34(18-19-35)21-23-4-10-25(11-5-23)29(30,31)32/h4-15H,2-3,16-21H2,1H3,(H,33,36). The van der Waals surface area contributed by atoms with Crippen molar-refractivity contribution in [1.82, 2.24) is 10.2 Å². The van der Waals surface area contributed by atoms with Crippen LogP contribution in [0.1, 0.15) is 40.4 Å². The van der Waals surface area contributed by atoms with Gasteiger partial charge in [0.2, 0.25) is 0 Å². The molecule has 0 spiro atoms. The van der Waals surface area contributed by atoms with Gasteiger partial charge in [0, 0.05) is 50.5 Å². The van der Waals surface area contributed by atoms with Gasteiger partial charge >= 0.3 is 6.18 Å². The van der Waals surface area contributed by atoms with E-state index in [1.54, 1.807) is 55.5 Å². The van der Waals surface area contributed by atoms with Gasteiger partial charge in [0.1, 0.15) is 0 Å². The summed E-state index contributed by atoms with van der Waals surface area (Å²) in [7, 11) is -3.26. The lowest BCUT2D eigenvalue weighted by molar-refractivity contribution is -0.137. The summed E-state index contributed by atoms with van der Waals surface area (Å²) in [6.45, 7) is 5.74. The number of hydrogen-bond donors (Lipinski definition) is 1. The van der Waals surface area contributed by atoms with E-state index in [-0.39, 0.29) is 23.1 Å². The number of alkyl halides is 3. The molecule has 1 N–H and O–H groups in total. The molecule has 1 fully saturated rings. The zero-order chi connectivity index (χ0) is 28.0. The molecule has 0 radical (unpaired) electrons. The second-order valence-electron chi connectivity index (χ2n) is 9.59. The fourth-order valence-corrected chi connectivity index (χ4v) is 5.42. The Labute approximate surface area is 227 Å². The minimum Gasteiger partial charge on any atom is -0.370 e. The molecule has 1 aliphatic rings. The minimum atomic E-state index is -4.33. The Hall–Kier alpha value is -3.37. The fraction of sp³-hybridized carbons (Fsp3) is 0.345. The molecule has 0 aliphatic carbocycles. The highest BCUT2D eigenvalue weighted by molar-refractivity contribution is 7.91. The second kappa shape index (κ2) is 12.2. The average molecular weight is 560 g/mol. The Balaban J connectivity index is 1.28. The van der Waals surface area contributed by atoms with Crippen molar-refractivity contribution in [1.29, 1.82) is 0 Å². The molecule has 1 saturated heterocycles. The van der Waals surface area contributed by atoms with E-state index in [2.05, 4.69) is 15.1 Å². The Kier molecular flexibility index (Phi) is 8.97. The third-order valence-electron chi connectivity index (χ3n) is 6.89. The molecule has 0 bridgehead atoms. The highest BCUT2D eigenvalue weighted by Crippen LogP contribution is 2.29. The minimum absolute atomic E-state index is 0.0392. The lowest BCUT2D eigenvalue weighted by atomic mass is 10.1. The van der Waals surface area contributed by atoms with Gasteiger partial charge in [-0.3, -0.25) is 9.69 Å². The van der Waals surface area contributed by atoms with E-state index in [0.29, 0.717) is 12.1 Å². The van der Waals surface area contributed by atoms with Crippen molar-refractivity contribution in [3.05, 3.63) is 95.1 Å². The van der Waals surface area contributed by atoms with Crippen LogP contribution in [0.15, 0.2) is 77.7 Å². The molecule has 3 aromatic carbocycles. The maximum absolute atomic E-state index is 12.8. The molecule has 3 aromatic rings. The molecule has 1 aliphatic heterocycles. The molecule has 0 atom stereocenters. The molecule has 10 heteroatoms. The van der Waals surface area contributed by atoms with E-state index in [0.717, 1.165) is 61.5 Å². The van der Waals surface area contributed by atoms with Crippen LogP contribution < -0.4 is 10.2 Å². The number of benzene rings is 3. The number of halogens is 3. The second-order valence-corrected chi connectivity index (χ2v) is 11.9. The third kappa shape index (κ3) is 7.60. The number of carbonyl (C=O) groups is 1. The van der Waals surface area contributed by atoms with Gasteiger partial charge in [-0.15, -0.1) is 0 Å². The largest absolute Gasteiger partial charge is 0.416 e. The monoisotopic (exact) mass is 559 g/mol. The summed E-state index contributed by atoms with van der Waals surface area (Å²) in [6, 6.07) is 19.3. The van der Waals surface area contributed by atoms with E-state index in [1.807, 2.05) is 12.1 Å². The van der Waals surface area contributed by atoms with Gasteiger partial charge < -0.3 is 10.2 Å². The Morgan fingerprint density at radius 2 is 1.49 bits per heavy atom. The third-order valence-corrected chi connectivity index (χ3v) is 8.64. The lowest BCUT2D eigenvalue weighted by Gasteiger charge is -2.24. The van der Waals surface area contributed by atoms with E-state index < -0.39 is 21.6 Å². The molecular formula is C29H32F3N3O3S. The van der Waals surface area contributed by atoms with E-state index in [4.69, 9.17) is 0 Å². The summed E-state index contributed by atoms with van der Waals surface area (Å²) in [5.41, 5.74) is 2.57. The van der Waals surface area contributed by atoms with Crippen LogP contribution in [-0.2, 0) is 29.1 Å². The molecule has 1 amide bonds. The van der Waals surface area contributed by atoms with Crippen LogP contribution in [0.2, 0.25) is 0 Å². The quantitative estimate of drug-likeness (QED) is 0.414. The number of carbonyl (C=O) groups excluding carboxylic acids is 1. The first-order chi connectivity index (χ1) is 18.5. The summed E-state index contributed by atoms with van der Waals surface area (Å²) >= 11 is 0. The molecule has 6 nitrogen and oxygen atoms in total.